The number of carbonyl (C=O) groups excluding carboxylic acids is 2. The fraction of sp³-hybridized carbons (Fsp3) is 0.263. The topological polar surface area (TPSA) is 58.2 Å². The lowest BCUT2D eigenvalue weighted by Gasteiger charge is -2.19. The molecule has 0 saturated heterocycles. The number of amides is 2. The average molecular weight is 308 g/mol. The lowest BCUT2D eigenvalue weighted by Crippen LogP contribution is -2.27. The number of carbonyl (C=O) groups is 2. The summed E-state index contributed by atoms with van der Waals surface area (Å²) in [5, 5.41) is 5.87. The third kappa shape index (κ3) is 3.26. The van der Waals surface area contributed by atoms with Crippen molar-refractivity contribution in [2.45, 2.75) is 32.7 Å². The van der Waals surface area contributed by atoms with Crippen LogP contribution in [0, 0.1) is 6.92 Å². The van der Waals surface area contributed by atoms with E-state index in [1.807, 2.05) is 44.2 Å². The van der Waals surface area contributed by atoms with Crippen LogP contribution in [0.4, 0.5) is 5.69 Å². The van der Waals surface area contributed by atoms with E-state index in [4.69, 9.17) is 0 Å². The smallest absolute Gasteiger partial charge is 0.251 e. The van der Waals surface area contributed by atoms with E-state index in [0.29, 0.717) is 18.4 Å². The number of benzene rings is 2. The Bertz CT molecular complexity index is 768. The van der Waals surface area contributed by atoms with Crippen LogP contribution in [0.1, 0.15) is 46.4 Å². The van der Waals surface area contributed by atoms with Gasteiger partial charge in [0, 0.05) is 17.7 Å². The number of rotatable bonds is 3. The van der Waals surface area contributed by atoms with Gasteiger partial charge in [0.1, 0.15) is 0 Å². The van der Waals surface area contributed by atoms with E-state index in [9.17, 15) is 9.59 Å². The SMILES string of the molecule is Cc1ccccc1C(C)NC(=O)c1ccc2c(c1)CCC(=O)N2. The largest absolute Gasteiger partial charge is 0.346 e. The fourth-order valence-corrected chi connectivity index (χ4v) is 2.96. The van der Waals surface area contributed by atoms with Crippen molar-refractivity contribution in [3.05, 3.63) is 64.7 Å². The van der Waals surface area contributed by atoms with Gasteiger partial charge in [-0.25, -0.2) is 0 Å². The number of hydrogen-bond donors (Lipinski definition) is 2. The van der Waals surface area contributed by atoms with Crippen LogP contribution < -0.4 is 10.6 Å². The molecule has 23 heavy (non-hydrogen) atoms. The molecule has 4 heteroatoms. The normalized spacial score (nSPS) is 14.6. The highest BCUT2D eigenvalue weighted by molar-refractivity contribution is 5.98. The summed E-state index contributed by atoms with van der Waals surface area (Å²) in [6, 6.07) is 13.4. The van der Waals surface area contributed by atoms with Crippen LogP contribution >= 0.6 is 0 Å². The molecule has 2 aromatic carbocycles. The highest BCUT2D eigenvalue weighted by atomic mass is 16.2. The fourth-order valence-electron chi connectivity index (χ4n) is 2.96. The van der Waals surface area contributed by atoms with Crippen LogP contribution in [0.25, 0.3) is 0 Å². The Hall–Kier alpha value is -2.62. The zero-order chi connectivity index (χ0) is 16.4. The van der Waals surface area contributed by atoms with E-state index in [0.717, 1.165) is 22.4 Å². The quantitative estimate of drug-likeness (QED) is 0.913. The van der Waals surface area contributed by atoms with Gasteiger partial charge in [-0.1, -0.05) is 24.3 Å². The first-order valence-corrected chi connectivity index (χ1v) is 7.84. The third-order valence-corrected chi connectivity index (χ3v) is 4.27. The molecule has 0 bridgehead atoms. The number of nitrogens with one attached hydrogen (secondary N) is 2. The van der Waals surface area contributed by atoms with Crippen molar-refractivity contribution in [2.24, 2.45) is 0 Å². The maximum Gasteiger partial charge on any atom is 0.251 e. The zero-order valence-electron chi connectivity index (χ0n) is 13.3. The maximum atomic E-state index is 12.5. The molecule has 1 aliphatic heterocycles. The Morgan fingerprint density at radius 3 is 2.74 bits per heavy atom. The van der Waals surface area contributed by atoms with Crippen LogP contribution in [-0.2, 0) is 11.2 Å². The molecular formula is C19H20N2O2. The van der Waals surface area contributed by atoms with Crippen LogP contribution in [0.15, 0.2) is 42.5 Å². The van der Waals surface area contributed by atoms with Crippen molar-refractivity contribution in [3.63, 3.8) is 0 Å². The van der Waals surface area contributed by atoms with Gasteiger partial charge < -0.3 is 10.6 Å². The van der Waals surface area contributed by atoms with E-state index in [1.165, 1.54) is 0 Å². The molecule has 0 fully saturated rings. The van der Waals surface area contributed by atoms with Crippen molar-refractivity contribution >= 4 is 17.5 Å². The van der Waals surface area contributed by atoms with Gasteiger partial charge in [0.05, 0.1) is 6.04 Å². The summed E-state index contributed by atoms with van der Waals surface area (Å²) < 4.78 is 0. The van der Waals surface area contributed by atoms with Crippen molar-refractivity contribution < 1.29 is 9.59 Å². The molecule has 1 unspecified atom stereocenters. The summed E-state index contributed by atoms with van der Waals surface area (Å²) in [6.45, 7) is 4.03. The minimum absolute atomic E-state index is 0.0304. The number of aryl methyl sites for hydroxylation is 2. The Morgan fingerprint density at radius 2 is 1.96 bits per heavy atom. The monoisotopic (exact) mass is 308 g/mol. The van der Waals surface area contributed by atoms with E-state index in [2.05, 4.69) is 10.6 Å². The molecule has 3 rings (SSSR count). The van der Waals surface area contributed by atoms with E-state index >= 15 is 0 Å². The molecule has 2 aromatic rings. The number of anilines is 1. The van der Waals surface area contributed by atoms with Crippen LogP contribution in [-0.4, -0.2) is 11.8 Å². The molecule has 0 spiro atoms. The molecule has 0 aromatic heterocycles. The minimum Gasteiger partial charge on any atom is -0.346 e. The second-order valence-electron chi connectivity index (χ2n) is 5.97. The Balaban J connectivity index is 1.76. The van der Waals surface area contributed by atoms with Gasteiger partial charge in [0.2, 0.25) is 5.91 Å². The molecule has 118 valence electrons. The molecule has 1 aliphatic rings. The zero-order valence-corrected chi connectivity index (χ0v) is 13.3. The molecule has 0 saturated carbocycles. The Kier molecular flexibility index (Phi) is 4.15. The Morgan fingerprint density at radius 1 is 1.17 bits per heavy atom. The van der Waals surface area contributed by atoms with E-state index < -0.39 is 0 Å². The van der Waals surface area contributed by atoms with Crippen LogP contribution in [0.3, 0.4) is 0 Å². The molecule has 0 radical (unpaired) electrons. The molecular weight excluding hydrogens is 288 g/mol. The second kappa shape index (κ2) is 6.24. The molecule has 2 N–H and O–H groups in total. The lowest BCUT2D eigenvalue weighted by atomic mass is 9.99. The predicted molar refractivity (Wildman–Crippen MR) is 90.5 cm³/mol. The average Bonchev–Trinajstić information content (AvgIpc) is 2.54. The first-order chi connectivity index (χ1) is 11.0. The molecule has 2 amide bonds. The lowest BCUT2D eigenvalue weighted by molar-refractivity contribution is -0.116. The summed E-state index contributed by atoms with van der Waals surface area (Å²) in [5.74, 6) is -0.0664. The van der Waals surface area contributed by atoms with Gasteiger partial charge in [-0.3, -0.25) is 9.59 Å². The van der Waals surface area contributed by atoms with Gasteiger partial charge in [0.25, 0.3) is 5.91 Å². The number of hydrogen-bond acceptors (Lipinski definition) is 2. The van der Waals surface area contributed by atoms with Crippen molar-refractivity contribution in [1.29, 1.82) is 0 Å². The van der Waals surface area contributed by atoms with Gasteiger partial charge >= 0.3 is 0 Å². The molecule has 4 nitrogen and oxygen atoms in total. The summed E-state index contributed by atoms with van der Waals surface area (Å²) >= 11 is 0. The van der Waals surface area contributed by atoms with Gasteiger partial charge in [-0.05, 0) is 55.2 Å². The third-order valence-electron chi connectivity index (χ3n) is 4.27. The van der Waals surface area contributed by atoms with Crippen LogP contribution in [0.5, 0.6) is 0 Å². The molecule has 0 aliphatic carbocycles. The highest BCUT2D eigenvalue weighted by Gasteiger charge is 2.18. The van der Waals surface area contributed by atoms with Crippen LogP contribution in [0.2, 0.25) is 0 Å². The van der Waals surface area contributed by atoms with E-state index in [-0.39, 0.29) is 17.9 Å². The summed E-state index contributed by atoms with van der Waals surface area (Å²) in [6.07, 6.45) is 1.15. The summed E-state index contributed by atoms with van der Waals surface area (Å²) in [7, 11) is 0. The summed E-state index contributed by atoms with van der Waals surface area (Å²) in [4.78, 5) is 23.9. The van der Waals surface area contributed by atoms with Gasteiger partial charge in [-0.2, -0.15) is 0 Å². The van der Waals surface area contributed by atoms with Gasteiger partial charge in [0.15, 0.2) is 0 Å². The van der Waals surface area contributed by atoms with Crippen molar-refractivity contribution in [1.82, 2.24) is 5.32 Å². The minimum atomic E-state index is -0.0968. The van der Waals surface area contributed by atoms with Crippen molar-refractivity contribution in [3.8, 4) is 0 Å². The highest BCUT2D eigenvalue weighted by Crippen LogP contribution is 2.24. The second-order valence-corrected chi connectivity index (χ2v) is 5.97. The van der Waals surface area contributed by atoms with Crippen molar-refractivity contribution in [2.75, 3.05) is 5.32 Å². The Labute approximate surface area is 135 Å². The maximum absolute atomic E-state index is 12.5. The summed E-state index contributed by atoms with van der Waals surface area (Å²) in [5.41, 5.74) is 4.73. The number of fused-ring (bicyclic) bond motifs is 1. The predicted octanol–water partition coefficient (Wildman–Crippen LogP) is 3.37. The van der Waals surface area contributed by atoms with E-state index in [1.54, 1.807) is 12.1 Å². The van der Waals surface area contributed by atoms with Gasteiger partial charge in [-0.15, -0.1) is 0 Å². The standard InChI is InChI=1S/C19H20N2O2/c1-12-5-3-4-6-16(12)13(2)20-19(23)15-7-9-17-14(11-15)8-10-18(22)21-17/h3-7,9,11,13H,8,10H2,1-2H3,(H,20,23)(H,21,22). The molecule has 1 heterocycles. The molecule has 1 atom stereocenters. The first kappa shape index (κ1) is 15.3. The first-order valence-electron chi connectivity index (χ1n) is 7.84.